The Bertz CT molecular complexity index is 1870. The van der Waals surface area contributed by atoms with E-state index in [1.807, 2.05) is 0 Å². The lowest BCUT2D eigenvalue weighted by molar-refractivity contribution is 0.793. The third-order valence-electron chi connectivity index (χ3n) is 8.85. The van der Waals surface area contributed by atoms with Crippen LogP contribution in [0, 0.1) is 13.8 Å². The topological polar surface area (TPSA) is 0 Å². The quantitative estimate of drug-likeness (QED) is 0.223. The van der Waals surface area contributed by atoms with Gasteiger partial charge < -0.3 is 0 Å². The molecular weight excluding hydrogens is 468 g/mol. The van der Waals surface area contributed by atoms with Gasteiger partial charge in [-0.1, -0.05) is 139 Å². The van der Waals surface area contributed by atoms with E-state index in [0.717, 1.165) is 0 Å². The van der Waals surface area contributed by atoms with Crippen molar-refractivity contribution in [2.75, 3.05) is 0 Å². The van der Waals surface area contributed by atoms with E-state index in [9.17, 15) is 0 Å². The Kier molecular flexibility index (Phi) is 4.67. The van der Waals surface area contributed by atoms with Crippen LogP contribution in [0.5, 0.6) is 0 Å². The summed E-state index contributed by atoms with van der Waals surface area (Å²) in [6.07, 6.45) is 0. The second-order valence-corrected chi connectivity index (χ2v) is 11.1. The van der Waals surface area contributed by atoms with E-state index in [-0.39, 0.29) is 5.41 Å². The van der Waals surface area contributed by atoms with Gasteiger partial charge in [-0.25, -0.2) is 0 Å². The second kappa shape index (κ2) is 8.16. The molecule has 0 N–H and O–H groups in total. The monoisotopic (exact) mass is 496 g/mol. The molecule has 0 saturated heterocycles. The minimum Gasteiger partial charge on any atom is -0.0619 e. The van der Waals surface area contributed by atoms with E-state index in [4.69, 9.17) is 0 Å². The molecule has 6 aromatic rings. The maximum absolute atomic E-state index is 2.44. The summed E-state index contributed by atoms with van der Waals surface area (Å²) in [6, 6.07) is 49.9. The van der Waals surface area contributed by atoms with Gasteiger partial charge in [0.2, 0.25) is 0 Å². The molecule has 0 radical (unpaired) electrons. The van der Waals surface area contributed by atoms with Gasteiger partial charge in [0.05, 0.1) is 5.41 Å². The molecule has 0 atom stereocenters. The first kappa shape index (κ1) is 22.3. The first-order valence-corrected chi connectivity index (χ1v) is 13.8. The Hall–Kier alpha value is -4.68. The van der Waals surface area contributed by atoms with Gasteiger partial charge in [0, 0.05) is 0 Å². The molecule has 0 amide bonds. The van der Waals surface area contributed by atoms with Crippen molar-refractivity contribution in [1.82, 2.24) is 0 Å². The molecule has 0 aromatic heterocycles. The molecule has 184 valence electrons. The fraction of sp³-hybridized carbons (Fsp3) is 0.0769. The normalized spacial score (nSPS) is 13.6. The van der Waals surface area contributed by atoms with Crippen LogP contribution < -0.4 is 0 Å². The molecule has 2 aliphatic rings. The van der Waals surface area contributed by atoms with Crippen molar-refractivity contribution in [3.63, 3.8) is 0 Å². The molecule has 0 aliphatic heterocycles. The summed E-state index contributed by atoms with van der Waals surface area (Å²) in [5.41, 5.74) is 18.3. The van der Waals surface area contributed by atoms with Gasteiger partial charge >= 0.3 is 0 Å². The molecule has 1 spiro atoms. The predicted molar refractivity (Wildman–Crippen MR) is 163 cm³/mol. The molecule has 8 rings (SSSR count). The maximum atomic E-state index is 2.44. The van der Waals surface area contributed by atoms with Crippen molar-refractivity contribution in [2.45, 2.75) is 19.3 Å². The number of fused-ring (bicyclic) bond motifs is 10. The summed E-state index contributed by atoms with van der Waals surface area (Å²) in [7, 11) is 0. The summed E-state index contributed by atoms with van der Waals surface area (Å²) in [5, 5.41) is 0. The van der Waals surface area contributed by atoms with Gasteiger partial charge in [0.15, 0.2) is 0 Å². The largest absolute Gasteiger partial charge is 0.0725 e. The zero-order valence-corrected chi connectivity index (χ0v) is 22.2. The maximum Gasteiger partial charge on any atom is 0.0725 e. The van der Waals surface area contributed by atoms with Gasteiger partial charge in [-0.2, -0.15) is 0 Å². The van der Waals surface area contributed by atoms with E-state index in [1.54, 1.807) is 0 Å². The van der Waals surface area contributed by atoms with Crippen LogP contribution in [-0.2, 0) is 5.41 Å². The van der Waals surface area contributed by atoms with Crippen molar-refractivity contribution in [2.24, 2.45) is 0 Å². The SMILES string of the molecule is Cc1ccc(-c2ccccc2-c2ccc3c(c2)-c2ccc(C)cc2C32c3ccccc3-c3ccccc32)cc1. The molecule has 6 aromatic carbocycles. The fourth-order valence-corrected chi connectivity index (χ4v) is 7.15. The van der Waals surface area contributed by atoms with E-state index in [0.29, 0.717) is 0 Å². The Labute approximate surface area is 230 Å². The van der Waals surface area contributed by atoms with E-state index < -0.39 is 0 Å². The summed E-state index contributed by atoms with van der Waals surface area (Å²) in [4.78, 5) is 0. The van der Waals surface area contributed by atoms with Crippen LogP contribution >= 0.6 is 0 Å². The van der Waals surface area contributed by atoms with Gasteiger partial charge in [-0.05, 0) is 86.7 Å². The zero-order valence-electron chi connectivity index (χ0n) is 22.2. The Morgan fingerprint density at radius 1 is 0.333 bits per heavy atom. The van der Waals surface area contributed by atoms with Crippen LogP contribution in [0.25, 0.3) is 44.5 Å². The lowest BCUT2D eigenvalue weighted by Gasteiger charge is -2.30. The highest BCUT2D eigenvalue weighted by atomic mass is 14.5. The second-order valence-electron chi connectivity index (χ2n) is 11.1. The Morgan fingerprint density at radius 2 is 0.821 bits per heavy atom. The Morgan fingerprint density at radius 3 is 1.49 bits per heavy atom. The van der Waals surface area contributed by atoms with Crippen molar-refractivity contribution < 1.29 is 0 Å². The third kappa shape index (κ3) is 3.00. The third-order valence-corrected chi connectivity index (χ3v) is 8.85. The van der Waals surface area contributed by atoms with Gasteiger partial charge in [0.1, 0.15) is 0 Å². The molecular formula is C39H28. The smallest absolute Gasteiger partial charge is 0.0619 e. The Balaban J connectivity index is 1.42. The summed E-state index contributed by atoms with van der Waals surface area (Å²) < 4.78 is 0. The van der Waals surface area contributed by atoms with Crippen LogP contribution in [0.3, 0.4) is 0 Å². The first-order chi connectivity index (χ1) is 19.2. The van der Waals surface area contributed by atoms with E-state index in [1.165, 1.54) is 77.9 Å². The summed E-state index contributed by atoms with van der Waals surface area (Å²) >= 11 is 0. The number of hydrogen-bond acceptors (Lipinski definition) is 0. The number of rotatable bonds is 2. The van der Waals surface area contributed by atoms with Crippen molar-refractivity contribution in [3.05, 3.63) is 167 Å². The number of aryl methyl sites for hydroxylation is 2. The van der Waals surface area contributed by atoms with Crippen molar-refractivity contribution in [1.29, 1.82) is 0 Å². The van der Waals surface area contributed by atoms with E-state index >= 15 is 0 Å². The number of hydrogen-bond donors (Lipinski definition) is 0. The highest BCUT2D eigenvalue weighted by molar-refractivity contribution is 5.97. The molecule has 39 heavy (non-hydrogen) atoms. The van der Waals surface area contributed by atoms with Gasteiger partial charge in [-0.15, -0.1) is 0 Å². The molecule has 2 aliphatic carbocycles. The van der Waals surface area contributed by atoms with Crippen LogP contribution in [-0.4, -0.2) is 0 Å². The molecule has 0 heteroatoms. The molecule has 0 fully saturated rings. The molecule has 0 nitrogen and oxygen atoms in total. The summed E-state index contributed by atoms with van der Waals surface area (Å²) in [5.74, 6) is 0. The van der Waals surface area contributed by atoms with Gasteiger partial charge in [0.25, 0.3) is 0 Å². The van der Waals surface area contributed by atoms with E-state index in [2.05, 4.69) is 147 Å². The average Bonchev–Trinajstić information content (AvgIpc) is 3.44. The van der Waals surface area contributed by atoms with Crippen molar-refractivity contribution >= 4 is 0 Å². The lowest BCUT2D eigenvalue weighted by atomic mass is 9.70. The summed E-state index contributed by atoms with van der Waals surface area (Å²) in [6.45, 7) is 4.36. The molecule has 0 unspecified atom stereocenters. The lowest BCUT2D eigenvalue weighted by Crippen LogP contribution is -2.25. The molecule has 0 heterocycles. The average molecular weight is 497 g/mol. The first-order valence-electron chi connectivity index (χ1n) is 13.8. The zero-order chi connectivity index (χ0) is 26.1. The highest BCUT2D eigenvalue weighted by Gasteiger charge is 2.51. The highest BCUT2D eigenvalue weighted by Crippen LogP contribution is 2.63. The van der Waals surface area contributed by atoms with Crippen LogP contribution in [0.1, 0.15) is 33.4 Å². The van der Waals surface area contributed by atoms with Crippen molar-refractivity contribution in [3.8, 4) is 44.5 Å². The fourth-order valence-electron chi connectivity index (χ4n) is 7.15. The van der Waals surface area contributed by atoms with Gasteiger partial charge in [-0.3, -0.25) is 0 Å². The molecule has 0 saturated carbocycles. The standard InChI is InChI=1S/C39H28/c1-25-15-18-27(19-16-25)29-9-3-4-10-30(29)28-20-22-37-34(24-28)33-21-17-26(2)23-38(33)39(37)35-13-7-5-11-31(35)32-12-6-8-14-36(32)39/h3-24H,1-2H3. The number of benzene rings is 6. The van der Waals surface area contributed by atoms with Crippen LogP contribution in [0.2, 0.25) is 0 Å². The minimum absolute atomic E-state index is 0.293. The molecule has 0 bridgehead atoms. The predicted octanol–water partition coefficient (Wildman–Crippen LogP) is 9.98. The minimum atomic E-state index is -0.293. The van der Waals surface area contributed by atoms with Crippen LogP contribution in [0.15, 0.2) is 133 Å². The van der Waals surface area contributed by atoms with Crippen LogP contribution in [0.4, 0.5) is 0 Å².